The fourth-order valence-corrected chi connectivity index (χ4v) is 2.52. The van der Waals surface area contributed by atoms with Crippen LogP contribution >= 0.6 is 0 Å². The van der Waals surface area contributed by atoms with Crippen LogP contribution in [0.5, 0.6) is 0 Å². The van der Waals surface area contributed by atoms with Crippen LogP contribution in [0, 0.1) is 0 Å². The summed E-state index contributed by atoms with van der Waals surface area (Å²) >= 11 is 0. The molecule has 2 unspecified atom stereocenters. The van der Waals surface area contributed by atoms with Gasteiger partial charge in [0.05, 0.1) is 6.61 Å². The second-order valence-corrected chi connectivity index (χ2v) is 4.74. The summed E-state index contributed by atoms with van der Waals surface area (Å²) in [6, 6.07) is 10.8. The quantitative estimate of drug-likeness (QED) is 0.697. The predicted molar refractivity (Wildman–Crippen MR) is 81.2 cm³/mol. The average Bonchev–Trinajstić information content (AvgIpc) is 2.47. The van der Waals surface area contributed by atoms with Gasteiger partial charge in [0.15, 0.2) is 0 Å². The number of nitrogens with two attached hydrogens (primary N) is 1. The molecular formula is C16H28N2O. The summed E-state index contributed by atoms with van der Waals surface area (Å²) in [6.45, 7) is 9.93. The van der Waals surface area contributed by atoms with E-state index in [1.165, 1.54) is 5.56 Å². The lowest BCUT2D eigenvalue weighted by Gasteiger charge is -2.34. The van der Waals surface area contributed by atoms with E-state index >= 15 is 0 Å². The average molecular weight is 264 g/mol. The first kappa shape index (κ1) is 16.2. The van der Waals surface area contributed by atoms with Crippen molar-refractivity contribution in [3.63, 3.8) is 0 Å². The number of benzene rings is 1. The first-order valence-corrected chi connectivity index (χ1v) is 7.36. The standard InChI is InChI=1S/C16H28N2O/c1-4-15(18(5-2)12-13-19-6-3)16(17)14-10-8-7-9-11-14/h7-11,15-16H,4-6,12-13,17H2,1-3H3. The summed E-state index contributed by atoms with van der Waals surface area (Å²) in [7, 11) is 0. The van der Waals surface area contributed by atoms with E-state index in [4.69, 9.17) is 10.5 Å². The van der Waals surface area contributed by atoms with Crippen molar-refractivity contribution in [3.05, 3.63) is 35.9 Å². The Kier molecular flexibility index (Phi) is 7.72. The van der Waals surface area contributed by atoms with Crippen LogP contribution in [0.2, 0.25) is 0 Å². The van der Waals surface area contributed by atoms with Crippen molar-refractivity contribution in [2.45, 2.75) is 39.3 Å². The largest absolute Gasteiger partial charge is 0.380 e. The van der Waals surface area contributed by atoms with Gasteiger partial charge >= 0.3 is 0 Å². The van der Waals surface area contributed by atoms with Crippen LogP contribution in [-0.4, -0.2) is 37.2 Å². The minimum atomic E-state index is 0.0628. The maximum Gasteiger partial charge on any atom is 0.0593 e. The van der Waals surface area contributed by atoms with Gasteiger partial charge in [-0.05, 0) is 25.5 Å². The third kappa shape index (κ3) is 4.94. The number of hydrogen-bond acceptors (Lipinski definition) is 3. The Morgan fingerprint density at radius 2 is 1.84 bits per heavy atom. The molecular weight excluding hydrogens is 236 g/mol. The van der Waals surface area contributed by atoms with Gasteiger partial charge < -0.3 is 10.5 Å². The number of nitrogens with zero attached hydrogens (tertiary/aromatic N) is 1. The Hall–Kier alpha value is -0.900. The molecule has 0 amide bonds. The van der Waals surface area contributed by atoms with Crippen LogP contribution in [0.4, 0.5) is 0 Å². The third-order valence-corrected chi connectivity index (χ3v) is 3.62. The summed E-state index contributed by atoms with van der Waals surface area (Å²) in [6.07, 6.45) is 1.05. The van der Waals surface area contributed by atoms with Gasteiger partial charge in [0.2, 0.25) is 0 Å². The Morgan fingerprint density at radius 1 is 1.16 bits per heavy atom. The Morgan fingerprint density at radius 3 is 2.37 bits per heavy atom. The summed E-state index contributed by atoms with van der Waals surface area (Å²) in [5.74, 6) is 0. The van der Waals surface area contributed by atoms with Crippen LogP contribution < -0.4 is 5.73 Å². The van der Waals surface area contributed by atoms with Crippen molar-refractivity contribution < 1.29 is 4.74 Å². The van der Waals surface area contributed by atoms with Gasteiger partial charge in [-0.1, -0.05) is 44.2 Å². The first-order chi connectivity index (χ1) is 9.24. The van der Waals surface area contributed by atoms with Gasteiger partial charge in [0, 0.05) is 25.2 Å². The Bertz CT molecular complexity index is 329. The van der Waals surface area contributed by atoms with E-state index in [1.54, 1.807) is 0 Å². The molecule has 0 aromatic heterocycles. The van der Waals surface area contributed by atoms with Gasteiger partial charge in [-0.2, -0.15) is 0 Å². The number of hydrogen-bond donors (Lipinski definition) is 1. The van der Waals surface area contributed by atoms with Crippen molar-refractivity contribution in [1.29, 1.82) is 0 Å². The highest BCUT2D eigenvalue weighted by molar-refractivity contribution is 5.20. The highest BCUT2D eigenvalue weighted by atomic mass is 16.5. The van der Waals surface area contributed by atoms with Gasteiger partial charge in [-0.15, -0.1) is 0 Å². The molecule has 1 aromatic rings. The molecule has 0 heterocycles. The zero-order valence-corrected chi connectivity index (χ0v) is 12.5. The molecule has 0 radical (unpaired) electrons. The summed E-state index contributed by atoms with van der Waals surface area (Å²) in [4.78, 5) is 2.42. The van der Waals surface area contributed by atoms with Crippen molar-refractivity contribution in [3.8, 4) is 0 Å². The maximum atomic E-state index is 6.45. The molecule has 1 aromatic carbocycles. The molecule has 0 bridgehead atoms. The zero-order valence-electron chi connectivity index (χ0n) is 12.5. The van der Waals surface area contributed by atoms with E-state index in [0.29, 0.717) is 6.04 Å². The van der Waals surface area contributed by atoms with Crippen molar-refractivity contribution >= 4 is 0 Å². The normalized spacial score (nSPS) is 14.6. The van der Waals surface area contributed by atoms with Crippen LogP contribution in [-0.2, 0) is 4.74 Å². The minimum absolute atomic E-state index is 0.0628. The summed E-state index contributed by atoms with van der Waals surface area (Å²) < 4.78 is 5.46. The fraction of sp³-hybridized carbons (Fsp3) is 0.625. The molecule has 19 heavy (non-hydrogen) atoms. The van der Waals surface area contributed by atoms with E-state index in [0.717, 1.165) is 32.7 Å². The topological polar surface area (TPSA) is 38.5 Å². The summed E-state index contributed by atoms with van der Waals surface area (Å²) in [5.41, 5.74) is 7.66. The van der Waals surface area contributed by atoms with Gasteiger partial charge in [0.25, 0.3) is 0 Å². The molecule has 1 rings (SSSR count). The molecule has 2 N–H and O–H groups in total. The fourth-order valence-electron chi connectivity index (χ4n) is 2.52. The molecule has 0 aliphatic heterocycles. The van der Waals surface area contributed by atoms with E-state index < -0.39 is 0 Å². The van der Waals surface area contributed by atoms with Gasteiger partial charge in [-0.3, -0.25) is 4.90 Å². The molecule has 0 saturated carbocycles. The molecule has 0 aliphatic rings. The molecule has 0 fully saturated rings. The van der Waals surface area contributed by atoms with E-state index in [2.05, 4.69) is 43.0 Å². The van der Waals surface area contributed by atoms with Crippen LogP contribution in [0.25, 0.3) is 0 Å². The highest BCUT2D eigenvalue weighted by Gasteiger charge is 2.23. The van der Waals surface area contributed by atoms with Crippen LogP contribution in [0.1, 0.15) is 38.8 Å². The van der Waals surface area contributed by atoms with Gasteiger partial charge in [-0.25, -0.2) is 0 Å². The number of rotatable bonds is 9. The lowest BCUT2D eigenvalue weighted by molar-refractivity contribution is 0.0880. The SMILES string of the molecule is CCOCCN(CC)C(CC)C(N)c1ccccc1. The van der Waals surface area contributed by atoms with Crippen LogP contribution in [0.15, 0.2) is 30.3 Å². The third-order valence-electron chi connectivity index (χ3n) is 3.62. The number of likely N-dealkylation sites (N-methyl/N-ethyl adjacent to an activating group) is 1. The van der Waals surface area contributed by atoms with E-state index in [9.17, 15) is 0 Å². The van der Waals surface area contributed by atoms with Crippen molar-refractivity contribution in [2.75, 3.05) is 26.3 Å². The number of ether oxygens (including phenoxy) is 1. The monoisotopic (exact) mass is 264 g/mol. The second-order valence-electron chi connectivity index (χ2n) is 4.74. The second kappa shape index (κ2) is 9.08. The first-order valence-electron chi connectivity index (χ1n) is 7.36. The molecule has 0 saturated heterocycles. The van der Waals surface area contributed by atoms with Crippen molar-refractivity contribution in [1.82, 2.24) is 4.90 Å². The maximum absolute atomic E-state index is 6.45. The molecule has 3 heteroatoms. The zero-order chi connectivity index (χ0) is 14.1. The molecule has 108 valence electrons. The lowest BCUT2D eigenvalue weighted by atomic mass is 9.97. The molecule has 3 nitrogen and oxygen atoms in total. The molecule has 0 aliphatic carbocycles. The van der Waals surface area contributed by atoms with Crippen molar-refractivity contribution in [2.24, 2.45) is 5.73 Å². The van der Waals surface area contributed by atoms with E-state index in [-0.39, 0.29) is 6.04 Å². The van der Waals surface area contributed by atoms with Crippen LogP contribution in [0.3, 0.4) is 0 Å². The van der Waals surface area contributed by atoms with E-state index in [1.807, 2.05) is 13.0 Å². The molecule has 0 spiro atoms. The predicted octanol–water partition coefficient (Wildman–Crippen LogP) is 2.82. The Labute approximate surface area is 117 Å². The smallest absolute Gasteiger partial charge is 0.0593 e. The Balaban J connectivity index is 2.68. The minimum Gasteiger partial charge on any atom is -0.380 e. The lowest BCUT2D eigenvalue weighted by Crippen LogP contribution is -2.44. The highest BCUT2D eigenvalue weighted by Crippen LogP contribution is 2.20. The van der Waals surface area contributed by atoms with Gasteiger partial charge in [0.1, 0.15) is 0 Å². The molecule has 2 atom stereocenters. The summed E-state index contributed by atoms with van der Waals surface area (Å²) in [5, 5.41) is 0.